The summed E-state index contributed by atoms with van der Waals surface area (Å²) in [5, 5.41) is 3.04. The minimum absolute atomic E-state index is 0.0250. The Kier molecular flexibility index (Phi) is 3.72. The minimum atomic E-state index is -0.0250. The Bertz CT molecular complexity index is 764. The van der Waals surface area contributed by atoms with Crippen LogP contribution in [0.3, 0.4) is 0 Å². The van der Waals surface area contributed by atoms with Gasteiger partial charge in [0.15, 0.2) is 11.5 Å². The summed E-state index contributed by atoms with van der Waals surface area (Å²) in [4.78, 5) is 18.9. The fraction of sp³-hybridized carbons (Fsp3) is 0.333. The summed E-state index contributed by atoms with van der Waals surface area (Å²) in [6, 6.07) is 7.69. The molecule has 1 amide bonds. The molecular formula is C18H19N3O3. The third-order valence-electron chi connectivity index (χ3n) is 4.56. The predicted molar refractivity (Wildman–Crippen MR) is 90.5 cm³/mol. The van der Waals surface area contributed by atoms with Crippen LogP contribution in [0.4, 0.5) is 11.4 Å². The second kappa shape index (κ2) is 6.03. The van der Waals surface area contributed by atoms with E-state index in [4.69, 9.17) is 9.47 Å². The van der Waals surface area contributed by atoms with Gasteiger partial charge in [0.05, 0.1) is 5.92 Å². The van der Waals surface area contributed by atoms with Gasteiger partial charge in [-0.1, -0.05) is 0 Å². The van der Waals surface area contributed by atoms with Crippen molar-refractivity contribution in [2.45, 2.75) is 13.3 Å². The van der Waals surface area contributed by atoms with Crippen molar-refractivity contribution in [3.63, 3.8) is 0 Å². The second-order valence-corrected chi connectivity index (χ2v) is 6.15. The van der Waals surface area contributed by atoms with Crippen molar-refractivity contribution in [3.8, 4) is 11.5 Å². The maximum Gasteiger partial charge on any atom is 0.231 e. The van der Waals surface area contributed by atoms with Crippen LogP contribution in [0.1, 0.15) is 12.0 Å². The van der Waals surface area contributed by atoms with Gasteiger partial charge < -0.3 is 19.7 Å². The number of nitrogens with one attached hydrogen (secondary N) is 1. The summed E-state index contributed by atoms with van der Waals surface area (Å²) in [6.45, 7) is 3.78. The number of hydrogen-bond acceptors (Lipinski definition) is 5. The summed E-state index contributed by atoms with van der Waals surface area (Å²) in [6.07, 6.45) is 4.40. The lowest BCUT2D eigenvalue weighted by atomic mass is 10.1. The molecule has 6 nitrogen and oxygen atoms in total. The van der Waals surface area contributed by atoms with Gasteiger partial charge in [0.2, 0.25) is 12.7 Å². The summed E-state index contributed by atoms with van der Waals surface area (Å²) >= 11 is 0. The smallest absolute Gasteiger partial charge is 0.231 e. The zero-order valence-corrected chi connectivity index (χ0v) is 13.5. The van der Waals surface area contributed by atoms with Gasteiger partial charge in [-0.3, -0.25) is 9.78 Å². The Morgan fingerprint density at radius 1 is 1.25 bits per heavy atom. The van der Waals surface area contributed by atoms with Gasteiger partial charge in [-0.2, -0.15) is 0 Å². The lowest BCUT2D eigenvalue weighted by Crippen LogP contribution is -2.27. The Labute approximate surface area is 140 Å². The van der Waals surface area contributed by atoms with E-state index in [1.54, 1.807) is 12.4 Å². The van der Waals surface area contributed by atoms with Crippen molar-refractivity contribution in [1.29, 1.82) is 0 Å². The first-order valence-corrected chi connectivity index (χ1v) is 8.07. The minimum Gasteiger partial charge on any atom is -0.454 e. The molecule has 2 aliphatic rings. The van der Waals surface area contributed by atoms with Gasteiger partial charge in [-0.15, -0.1) is 0 Å². The number of rotatable bonds is 3. The fourth-order valence-electron chi connectivity index (χ4n) is 3.18. The number of nitrogens with zero attached hydrogens (tertiary/aromatic N) is 2. The Morgan fingerprint density at radius 2 is 2.00 bits per heavy atom. The zero-order chi connectivity index (χ0) is 16.5. The number of carbonyl (C=O) groups excluding carboxylic acids is 1. The molecule has 0 bridgehead atoms. The van der Waals surface area contributed by atoms with Crippen LogP contribution < -0.4 is 19.7 Å². The molecule has 0 aliphatic carbocycles. The molecule has 1 unspecified atom stereocenters. The molecule has 24 heavy (non-hydrogen) atoms. The lowest BCUT2D eigenvalue weighted by Gasteiger charge is -2.18. The highest BCUT2D eigenvalue weighted by Gasteiger charge is 2.29. The Morgan fingerprint density at radius 3 is 2.79 bits per heavy atom. The van der Waals surface area contributed by atoms with Crippen LogP contribution in [0.15, 0.2) is 36.7 Å². The third kappa shape index (κ3) is 2.75. The number of carbonyl (C=O) groups is 1. The predicted octanol–water partition coefficient (Wildman–Crippen LogP) is 2.58. The van der Waals surface area contributed by atoms with E-state index in [9.17, 15) is 4.79 Å². The maximum absolute atomic E-state index is 12.6. The molecule has 1 aromatic carbocycles. The van der Waals surface area contributed by atoms with Crippen molar-refractivity contribution in [2.75, 3.05) is 30.1 Å². The highest BCUT2D eigenvalue weighted by Crippen LogP contribution is 2.37. The molecule has 2 aliphatic heterocycles. The van der Waals surface area contributed by atoms with Crippen LogP contribution >= 0.6 is 0 Å². The average molecular weight is 325 g/mol. The van der Waals surface area contributed by atoms with Gasteiger partial charge >= 0.3 is 0 Å². The summed E-state index contributed by atoms with van der Waals surface area (Å²) in [7, 11) is 0. The van der Waals surface area contributed by atoms with E-state index in [0.717, 1.165) is 42.2 Å². The van der Waals surface area contributed by atoms with Crippen molar-refractivity contribution in [2.24, 2.45) is 5.92 Å². The normalized spacial score (nSPS) is 18.7. The standard InChI is InChI=1S/C18H19N3O3/c1-12-8-16-17(24-11-23-16)9-15(12)20-18(22)13-4-7-21(10-13)14-2-5-19-6-3-14/h2-3,5-6,8-9,13H,4,7,10-11H2,1H3,(H,20,22). The van der Waals surface area contributed by atoms with E-state index in [-0.39, 0.29) is 18.6 Å². The van der Waals surface area contributed by atoms with Crippen molar-refractivity contribution >= 4 is 17.3 Å². The first kappa shape index (κ1) is 14.8. The topological polar surface area (TPSA) is 63.7 Å². The van der Waals surface area contributed by atoms with Gasteiger partial charge in [0, 0.05) is 42.9 Å². The summed E-state index contributed by atoms with van der Waals surface area (Å²) < 4.78 is 10.7. The van der Waals surface area contributed by atoms with Crippen LogP contribution in [-0.4, -0.2) is 30.8 Å². The highest BCUT2D eigenvalue weighted by atomic mass is 16.7. The van der Waals surface area contributed by atoms with E-state index in [1.165, 1.54) is 0 Å². The zero-order valence-electron chi connectivity index (χ0n) is 13.5. The molecule has 6 heteroatoms. The molecule has 3 heterocycles. The van der Waals surface area contributed by atoms with Gasteiger partial charge in [0.25, 0.3) is 0 Å². The van der Waals surface area contributed by atoms with Gasteiger partial charge in [-0.25, -0.2) is 0 Å². The molecule has 1 fully saturated rings. The SMILES string of the molecule is Cc1cc2c(cc1NC(=O)C1CCN(c3ccncc3)C1)OCO2. The number of anilines is 2. The third-order valence-corrected chi connectivity index (χ3v) is 4.56. The van der Waals surface area contributed by atoms with Crippen LogP contribution in [0, 0.1) is 12.8 Å². The largest absolute Gasteiger partial charge is 0.454 e. The van der Waals surface area contributed by atoms with E-state index < -0.39 is 0 Å². The van der Waals surface area contributed by atoms with Crippen molar-refractivity contribution in [1.82, 2.24) is 4.98 Å². The number of aromatic nitrogens is 1. The first-order chi connectivity index (χ1) is 11.7. The maximum atomic E-state index is 12.6. The number of benzene rings is 1. The van der Waals surface area contributed by atoms with E-state index in [0.29, 0.717) is 5.75 Å². The summed E-state index contributed by atoms with van der Waals surface area (Å²) in [5.41, 5.74) is 2.86. The number of pyridine rings is 1. The second-order valence-electron chi connectivity index (χ2n) is 6.15. The molecule has 1 N–H and O–H groups in total. The number of fused-ring (bicyclic) bond motifs is 1. The molecule has 1 saturated heterocycles. The van der Waals surface area contributed by atoms with Crippen molar-refractivity contribution < 1.29 is 14.3 Å². The lowest BCUT2D eigenvalue weighted by molar-refractivity contribution is -0.119. The van der Waals surface area contributed by atoms with Crippen molar-refractivity contribution in [3.05, 3.63) is 42.2 Å². The monoisotopic (exact) mass is 325 g/mol. The van der Waals surface area contributed by atoms with Crippen LogP contribution in [0.25, 0.3) is 0 Å². The first-order valence-electron chi connectivity index (χ1n) is 8.07. The molecule has 1 aromatic heterocycles. The molecule has 2 aromatic rings. The molecule has 4 rings (SSSR count). The highest BCUT2D eigenvalue weighted by molar-refractivity contribution is 5.94. The molecule has 124 valence electrons. The number of aryl methyl sites for hydroxylation is 1. The molecular weight excluding hydrogens is 306 g/mol. The van der Waals surface area contributed by atoms with Crippen LogP contribution in [0.5, 0.6) is 11.5 Å². The van der Waals surface area contributed by atoms with E-state index >= 15 is 0 Å². The quantitative estimate of drug-likeness (QED) is 0.940. The Hall–Kier alpha value is -2.76. The van der Waals surface area contributed by atoms with E-state index in [2.05, 4.69) is 15.2 Å². The fourth-order valence-corrected chi connectivity index (χ4v) is 3.18. The average Bonchev–Trinajstić information content (AvgIpc) is 3.25. The molecule has 1 atom stereocenters. The molecule has 0 radical (unpaired) electrons. The summed E-state index contributed by atoms with van der Waals surface area (Å²) in [5.74, 6) is 1.44. The molecule has 0 spiro atoms. The Balaban J connectivity index is 1.44. The molecule has 0 saturated carbocycles. The number of amides is 1. The van der Waals surface area contributed by atoms with Gasteiger partial charge in [0.1, 0.15) is 0 Å². The van der Waals surface area contributed by atoms with Gasteiger partial charge in [-0.05, 0) is 37.1 Å². The van der Waals surface area contributed by atoms with Crippen LogP contribution in [-0.2, 0) is 4.79 Å². The number of ether oxygens (including phenoxy) is 2. The van der Waals surface area contributed by atoms with E-state index in [1.807, 2.05) is 31.2 Å². The number of hydrogen-bond donors (Lipinski definition) is 1. The van der Waals surface area contributed by atoms with Crippen LogP contribution in [0.2, 0.25) is 0 Å².